The third-order valence-electron chi connectivity index (χ3n) is 2.31. The van der Waals surface area contributed by atoms with Gasteiger partial charge in [0.25, 0.3) is 0 Å². The number of hydrogen-bond acceptors (Lipinski definition) is 1. The SMILES string of the molecule is CC(C)(C)CC(C(N)=O)c1cc[c]cc1. The van der Waals surface area contributed by atoms with E-state index in [2.05, 4.69) is 26.8 Å². The van der Waals surface area contributed by atoms with Crippen LogP contribution in [0.5, 0.6) is 0 Å². The summed E-state index contributed by atoms with van der Waals surface area (Å²) in [6.07, 6.45) is 0.770. The van der Waals surface area contributed by atoms with E-state index in [9.17, 15) is 4.79 Å². The van der Waals surface area contributed by atoms with Crippen molar-refractivity contribution < 1.29 is 4.79 Å². The lowest BCUT2D eigenvalue weighted by atomic mass is 9.81. The zero-order chi connectivity index (χ0) is 11.5. The van der Waals surface area contributed by atoms with Crippen LogP contribution in [0.15, 0.2) is 24.3 Å². The van der Waals surface area contributed by atoms with Crippen LogP contribution in [0.3, 0.4) is 0 Å². The first-order valence-electron chi connectivity index (χ1n) is 5.15. The Morgan fingerprint density at radius 3 is 2.33 bits per heavy atom. The van der Waals surface area contributed by atoms with Crippen molar-refractivity contribution >= 4 is 5.91 Å². The fourth-order valence-corrected chi connectivity index (χ4v) is 1.63. The molecule has 1 amide bonds. The molecule has 2 N–H and O–H groups in total. The van der Waals surface area contributed by atoms with Crippen LogP contribution in [0.1, 0.15) is 38.7 Å². The lowest BCUT2D eigenvalue weighted by Crippen LogP contribution is -2.25. The third kappa shape index (κ3) is 3.74. The topological polar surface area (TPSA) is 43.1 Å². The van der Waals surface area contributed by atoms with Gasteiger partial charge < -0.3 is 5.73 Å². The van der Waals surface area contributed by atoms with Gasteiger partial charge in [-0.15, -0.1) is 0 Å². The monoisotopic (exact) mass is 204 g/mol. The number of hydrogen-bond donors (Lipinski definition) is 1. The van der Waals surface area contributed by atoms with Crippen molar-refractivity contribution in [3.63, 3.8) is 0 Å². The minimum Gasteiger partial charge on any atom is -0.369 e. The summed E-state index contributed by atoms with van der Waals surface area (Å²) in [6.45, 7) is 6.33. The summed E-state index contributed by atoms with van der Waals surface area (Å²) >= 11 is 0. The lowest BCUT2D eigenvalue weighted by Gasteiger charge is -2.24. The number of benzene rings is 1. The maximum absolute atomic E-state index is 11.4. The highest BCUT2D eigenvalue weighted by molar-refractivity contribution is 5.81. The van der Waals surface area contributed by atoms with Crippen molar-refractivity contribution in [1.82, 2.24) is 0 Å². The molecule has 1 rings (SSSR count). The van der Waals surface area contributed by atoms with E-state index in [4.69, 9.17) is 5.73 Å². The van der Waals surface area contributed by atoms with E-state index in [1.165, 1.54) is 0 Å². The van der Waals surface area contributed by atoms with Crippen LogP contribution in [0, 0.1) is 11.5 Å². The van der Waals surface area contributed by atoms with E-state index in [1.54, 1.807) is 0 Å². The quantitative estimate of drug-likeness (QED) is 0.807. The number of nitrogens with two attached hydrogens (primary N) is 1. The Labute approximate surface area is 91.5 Å². The molecule has 0 saturated heterocycles. The largest absolute Gasteiger partial charge is 0.369 e. The number of primary amides is 1. The summed E-state index contributed by atoms with van der Waals surface area (Å²) in [5, 5.41) is 0. The normalized spacial score (nSPS) is 13.5. The molecule has 0 fully saturated rings. The van der Waals surface area contributed by atoms with Crippen LogP contribution in [0.4, 0.5) is 0 Å². The Morgan fingerprint density at radius 1 is 1.40 bits per heavy atom. The minimum atomic E-state index is -0.254. The molecular weight excluding hydrogens is 186 g/mol. The molecule has 0 aromatic heterocycles. The van der Waals surface area contributed by atoms with E-state index in [1.807, 2.05) is 24.3 Å². The summed E-state index contributed by atoms with van der Waals surface area (Å²) < 4.78 is 0. The molecular formula is C13H18NO. The Kier molecular flexibility index (Phi) is 3.51. The zero-order valence-corrected chi connectivity index (χ0v) is 9.58. The van der Waals surface area contributed by atoms with Crippen molar-refractivity contribution in [2.24, 2.45) is 11.1 Å². The number of rotatable bonds is 3. The summed E-state index contributed by atoms with van der Waals surface area (Å²) in [5.74, 6) is -0.448. The zero-order valence-electron chi connectivity index (χ0n) is 9.58. The molecule has 2 nitrogen and oxygen atoms in total. The molecule has 0 spiro atoms. The van der Waals surface area contributed by atoms with Crippen molar-refractivity contribution in [2.75, 3.05) is 0 Å². The first-order valence-corrected chi connectivity index (χ1v) is 5.15. The van der Waals surface area contributed by atoms with Crippen molar-refractivity contribution in [3.05, 3.63) is 35.9 Å². The van der Waals surface area contributed by atoms with Gasteiger partial charge in [0.2, 0.25) is 5.91 Å². The predicted molar refractivity (Wildman–Crippen MR) is 61.3 cm³/mol. The van der Waals surface area contributed by atoms with Crippen LogP contribution in [0.25, 0.3) is 0 Å². The van der Waals surface area contributed by atoms with E-state index in [-0.39, 0.29) is 17.2 Å². The molecule has 81 valence electrons. The molecule has 0 saturated carbocycles. The van der Waals surface area contributed by atoms with Crippen LogP contribution in [0.2, 0.25) is 0 Å². The average molecular weight is 204 g/mol. The number of carbonyl (C=O) groups excluding carboxylic acids is 1. The van der Waals surface area contributed by atoms with E-state index >= 15 is 0 Å². The second-order valence-electron chi connectivity index (χ2n) is 5.05. The second-order valence-corrected chi connectivity index (χ2v) is 5.05. The van der Waals surface area contributed by atoms with Gasteiger partial charge in [0.15, 0.2) is 0 Å². The summed E-state index contributed by atoms with van der Waals surface area (Å²) in [5.41, 5.74) is 6.51. The molecule has 15 heavy (non-hydrogen) atoms. The fraction of sp³-hybridized carbons (Fsp3) is 0.462. The van der Waals surface area contributed by atoms with Gasteiger partial charge in [-0.3, -0.25) is 4.79 Å². The lowest BCUT2D eigenvalue weighted by molar-refractivity contribution is -0.120. The Morgan fingerprint density at radius 2 is 1.93 bits per heavy atom. The highest BCUT2D eigenvalue weighted by atomic mass is 16.1. The molecule has 0 aliphatic carbocycles. The van der Waals surface area contributed by atoms with Crippen molar-refractivity contribution in [2.45, 2.75) is 33.1 Å². The summed E-state index contributed by atoms with van der Waals surface area (Å²) in [7, 11) is 0. The highest BCUT2D eigenvalue weighted by Crippen LogP contribution is 2.30. The Balaban J connectivity index is 2.90. The Hall–Kier alpha value is -1.31. The first-order chi connectivity index (χ1) is 6.90. The van der Waals surface area contributed by atoms with Crippen molar-refractivity contribution in [1.29, 1.82) is 0 Å². The van der Waals surface area contributed by atoms with Gasteiger partial charge in [-0.25, -0.2) is 0 Å². The van der Waals surface area contributed by atoms with Gasteiger partial charge in [0.1, 0.15) is 0 Å². The first kappa shape index (κ1) is 11.8. The minimum absolute atomic E-state index is 0.0965. The van der Waals surface area contributed by atoms with Gasteiger partial charge in [0, 0.05) is 0 Å². The van der Waals surface area contributed by atoms with Crippen LogP contribution >= 0.6 is 0 Å². The molecule has 1 unspecified atom stereocenters. The Bertz CT molecular complexity index is 324. The van der Waals surface area contributed by atoms with Crippen LogP contribution in [-0.2, 0) is 4.79 Å². The molecule has 0 aliphatic heterocycles. The van der Waals surface area contributed by atoms with Gasteiger partial charge in [-0.05, 0) is 23.5 Å². The standard InChI is InChI=1S/C13H18NO/c1-13(2,3)9-11(12(14)15)10-7-5-4-6-8-10/h5-8,11H,9H2,1-3H3,(H2,14,15). The molecule has 0 heterocycles. The maximum atomic E-state index is 11.4. The van der Waals surface area contributed by atoms with Crippen molar-refractivity contribution in [3.8, 4) is 0 Å². The fourth-order valence-electron chi connectivity index (χ4n) is 1.63. The van der Waals surface area contributed by atoms with Gasteiger partial charge in [-0.2, -0.15) is 0 Å². The second kappa shape index (κ2) is 4.47. The summed E-state index contributed by atoms with van der Waals surface area (Å²) in [4.78, 5) is 11.4. The van der Waals surface area contributed by atoms with Crippen LogP contribution in [-0.4, -0.2) is 5.91 Å². The predicted octanol–water partition coefficient (Wildman–Crippen LogP) is 2.49. The third-order valence-corrected chi connectivity index (χ3v) is 2.31. The van der Waals surface area contributed by atoms with Crippen LogP contribution < -0.4 is 5.73 Å². The molecule has 1 aromatic rings. The number of carbonyl (C=O) groups is 1. The van der Waals surface area contributed by atoms with E-state index < -0.39 is 0 Å². The molecule has 2 heteroatoms. The summed E-state index contributed by atoms with van der Waals surface area (Å²) in [6, 6.07) is 10.4. The van der Waals surface area contributed by atoms with E-state index in [0.717, 1.165) is 12.0 Å². The molecule has 1 atom stereocenters. The van der Waals surface area contributed by atoms with Gasteiger partial charge in [-0.1, -0.05) is 45.0 Å². The molecule has 1 aromatic carbocycles. The molecule has 0 bridgehead atoms. The highest BCUT2D eigenvalue weighted by Gasteiger charge is 2.24. The average Bonchev–Trinajstić information content (AvgIpc) is 2.14. The molecule has 0 aliphatic rings. The van der Waals surface area contributed by atoms with Gasteiger partial charge in [0.05, 0.1) is 5.92 Å². The maximum Gasteiger partial charge on any atom is 0.224 e. The number of amides is 1. The van der Waals surface area contributed by atoms with E-state index in [0.29, 0.717) is 0 Å². The van der Waals surface area contributed by atoms with Gasteiger partial charge >= 0.3 is 0 Å². The smallest absolute Gasteiger partial charge is 0.224 e. The molecule has 1 radical (unpaired) electrons.